The Morgan fingerprint density at radius 3 is 3.06 bits per heavy atom. The maximum atomic E-state index is 4.70. The summed E-state index contributed by atoms with van der Waals surface area (Å²) < 4.78 is 0. The molecule has 1 aromatic heterocycles. The third kappa shape index (κ3) is 2.51. The average molecular weight is 245 g/mol. The lowest BCUT2D eigenvalue weighted by molar-refractivity contribution is 0.203. The first-order chi connectivity index (χ1) is 8.85. The highest BCUT2D eigenvalue weighted by Crippen LogP contribution is 2.37. The second kappa shape index (κ2) is 5.27. The molecule has 1 saturated heterocycles. The third-order valence-corrected chi connectivity index (χ3v) is 4.25. The largest absolute Gasteiger partial charge is 0.370 e. The molecule has 2 aliphatic rings. The zero-order chi connectivity index (χ0) is 12.4. The van der Waals surface area contributed by atoms with Crippen molar-refractivity contribution in [3.8, 4) is 0 Å². The molecule has 3 rings (SSSR count). The van der Waals surface area contributed by atoms with Gasteiger partial charge in [-0.1, -0.05) is 13.0 Å². The minimum Gasteiger partial charge on any atom is -0.370 e. The topological polar surface area (TPSA) is 28.2 Å². The Kier molecular flexibility index (Phi) is 3.50. The molecule has 3 nitrogen and oxygen atoms in total. The number of pyridine rings is 1. The molecule has 1 N–H and O–H groups in total. The first-order valence-electron chi connectivity index (χ1n) is 7.29. The summed E-state index contributed by atoms with van der Waals surface area (Å²) in [5.41, 5.74) is 1.21. The normalized spacial score (nSPS) is 26.7. The fourth-order valence-corrected chi connectivity index (χ4v) is 3.35. The first kappa shape index (κ1) is 12.0. The summed E-state index contributed by atoms with van der Waals surface area (Å²) in [4.78, 5) is 7.33. The van der Waals surface area contributed by atoms with Crippen LogP contribution in [-0.4, -0.2) is 29.0 Å². The third-order valence-electron chi connectivity index (χ3n) is 4.25. The molecular formula is C15H23N3. The van der Waals surface area contributed by atoms with Gasteiger partial charge < -0.3 is 5.32 Å². The van der Waals surface area contributed by atoms with Crippen LogP contribution >= 0.6 is 0 Å². The molecule has 18 heavy (non-hydrogen) atoms. The predicted octanol–water partition coefficient (Wildman–Crippen LogP) is 2.89. The quantitative estimate of drug-likeness (QED) is 0.864. The van der Waals surface area contributed by atoms with E-state index in [4.69, 9.17) is 4.98 Å². The van der Waals surface area contributed by atoms with Crippen LogP contribution in [0.25, 0.3) is 0 Å². The van der Waals surface area contributed by atoms with Gasteiger partial charge in [0.2, 0.25) is 0 Å². The number of rotatable bonds is 5. The summed E-state index contributed by atoms with van der Waals surface area (Å²) in [7, 11) is 0. The Morgan fingerprint density at radius 1 is 1.39 bits per heavy atom. The van der Waals surface area contributed by atoms with E-state index in [1.54, 1.807) is 0 Å². The zero-order valence-electron chi connectivity index (χ0n) is 11.2. The standard InChI is InChI=1S/C15H23N3/c1-2-8-16-15-5-3-4-13(17-15)11-18-10-12-6-7-14(18)9-12/h3-5,12,14H,2,6-11H2,1H3,(H,16,17). The molecule has 98 valence electrons. The van der Waals surface area contributed by atoms with Crippen molar-refractivity contribution >= 4 is 5.82 Å². The van der Waals surface area contributed by atoms with E-state index < -0.39 is 0 Å². The predicted molar refractivity (Wildman–Crippen MR) is 74.6 cm³/mol. The molecule has 0 amide bonds. The fourth-order valence-electron chi connectivity index (χ4n) is 3.35. The van der Waals surface area contributed by atoms with Crippen molar-refractivity contribution in [1.82, 2.24) is 9.88 Å². The number of nitrogens with one attached hydrogen (secondary N) is 1. The van der Waals surface area contributed by atoms with Gasteiger partial charge in [0.25, 0.3) is 0 Å². The summed E-state index contributed by atoms with van der Waals surface area (Å²) in [5, 5.41) is 3.36. The Morgan fingerprint density at radius 2 is 2.33 bits per heavy atom. The summed E-state index contributed by atoms with van der Waals surface area (Å²) in [5.74, 6) is 2.00. The van der Waals surface area contributed by atoms with Crippen molar-refractivity contribution in [3.63, 3.8) is 0 Å². The summed E-state index contributed by atoms with van der Waals surface area (Å²) >= 11 is 0. The van der Waals surface area contributed by atoms with Crippen LogP contribution < -0.4 is 5.32 Å². The van der Waals surface area contributed by atoms with Gasteiger partial charge >= 0.3 is 0 Å². The van der Waals surface area contributed by atoms with Gasteiger partial charge in [-0.05, 0) is 43.7 Å². The lowest BCUT2D eigenvalue weighted by Gasteiger charge is -2.26. The van der Waals surface area contributed by atoms with Gasteiger partial charge in [-0.15, -0.1) is 0 Å². The molecule has 0 aromatic carbocycles. The van der Waals surface area contributed by atoms with Gasteiger partial charge in [-0.2, -0.15) is 0 Å². The number of hydrogen-bond donors (Lipinski definition) is 1. The number of anilines is 1. The molecule has 3 heteroatoms. The maximum absolute atomic E-state index is 4.70. The van der Waals surface area contributed by atoms with Crippen LogP contribution in [0.15, 0.2) is 18.2 Å². The number of nitrogens with zero attached hydrogens (tertiary/aromatic N) is 2. The molecule has 1 aliphatic carbocycles. The van der Waals surface area contributed by atoms with E-state index in [1.807, 2.05) is 0 Å². The Hall–Kier alpha value is -1.09. The molecule has 2 unspecified atom stereocenters. The van der Waals surface area contributed by atoms with Crippen LogP contribution in [0.4, 0.5) is 5.82 Å². The van der Waals surface area contributed by atoms with Crippen LogP contribution in [0.2, 0.25) is 0 Å². The Balaban J connectivity index is 1.62. The van der Waals surface area contributed by atoms with Gasteiger partial charge in [0.05, 0.1) is 5.69 Å². The van der Waals surface area contributed by atoms with Crippen LogP contribution in [-0.2, 0) is 6.54 Å². The van der Waals surface area contributed by atoms with Crippen LogP contribution in [0.3, 0.4) is 0 Å². The second-order valence-electron chi connectivity index (χ2n) is 5.70. The number of hydrogen-bond acceptors (Lipinski definition) is 3. The van der Waals surface area contributed by atoms with E-state index in [-0.39, 0.29) is 0 Å². The molecule has 2 atom stereocenters. The van der Waals surface area contributed by atoms with Crippen molar-refractivity contribution in [1.29, 1.82) is 0 Å². The van der Waals surface area contributed by atoms with E-state index in [9.17, 15) is 0 Å². The molecule has 2 fully saturated rings. The summed E-state index contributed by atoms with van der Waals surface area (Å²) in [6, 6.07) is 7.18. The minimum atomic E-state index is 0.837. The van der Waals surface area contributed by atoms with Crippen molar-refractivity contribution in [3.05, 3.63) is 23.9 Å². The zero-order valence-corrected chi connectivity index (χ0v) is 11.2. The van der Waals surface area contributed by atoms with Crippen molar-refractivity contribution in [2.75, 3.05) is 18.4 Å². The lowest BCUT2D eigenvalue weighted by Crippen LogP contribution is -2.31. The first-order valence-corrected chi connectivity index (χ1v) is 7.29. The molecule has 1 aliphatic heterocycles. The summed E-state index contributed by atoms with van der Waals surface area (Å²) in [6.45, 7) is 5.50. The van der Waals surface area contributed by atoms with Gasteiger partial charge in [0.15, 0.2) is 0 Å². The molecule has 2 heterocycles. The van der Waals surface area contributed by atoms with Crippen LogP contribution in [0.5, 0.6) is 0 Å². The van der Waals surface area contributed by atoms with Gasteiger partial charge in [-0.25, -0.2) is 4.98 Å². The number of aromatic nitrogens is 1. The molecule has 1 saturated carbocycles. The van der Waals surface area contributed by atoms with Crippen molar-refractivity contribution in [2.24, 2.45) is 5.92 Å². The number of fused-ring (bicyclic) bond motifs is 2. The molecular weight excluding hydrogens is 222 g/mol. The number of likely N-dealkylation sites (tertiary alicyclic amines) is 1. The molecule has 0 spiro atoms. The SMILES string of the molecule is CCCNc1cccc(CN2CC3CCC2C3)n1. The van der Waals surface area contributed by atoms with Crippen molar-refractivity contribution in [2.45, 2.75) is 45.2 Å². The van der Waals surface area contributed by atoms with Gasteiger partial charge in [-0.3, -0.25) is 4.90 Å². The van der Waals surface area contributed by atoms with E-state index in [0.29, 0.717) is 0 Å². The Bertz CT molecular complexity index is 404. The highest BCUT2D eigenvalue weighted by atomic mass is 15.2. The fraction of sp³-hybridized carbons (Fsp3) is 0.667. The van der Waals surface area contributed by atoms with E-state index in [0.717, 1.165) is 37.3 Å². The molecule has 0 radical (unpaired) electrons. The lowest BCUT2D eigenvalue weighted by atomic mass is 10.1. The van der Waals surface area contributed by atoms with Crippen LogP contribution in [0.1, 0.15) is 38.3 Å². The van der Waals surface area contributed by atoms with E-state index in [1.165, 1.54) is 31.5 Å². The van der Waals surface area contributed by atoms with E-state index >= 15 is 0 Å². The highest BCUT2D eigenvalue weighted by molar-refractivity contribution is 5.35. The highest BCUT2D eigenvalue weighted by Gasteiger charge is 2.37. The van der Waals surface area contributed by atoms with Crippen LogP contribution in [0, 0.1) is 5.92 Å². The van der Waals surface area contributed by atoms with Gasteiger partial charge in [0, 0.05) is 25.7 Å². The Labute approximate surface area is 110 Å². The summed E-state index contributed by atoms with van der Waals surface area (Å²) in [6.07, 6.45) is 5.42. The van der Waals surface area contributed by atoms with E-state index in [2.05, 4.69) is 35.3 Å². The molecule has 1 aromatic rings. The minimum absolute atomic E-state index is 0.837. The van der Waals surface area contributed by atoms with Crippen molar-refractivity contribution < 1.29 is 0 Å². The smallest absolute Gasteiger partial charge is 0.126 e. The maximum Gasteiger partial charge on any atom is 0.126 e. The second-order valence-corrected chi connectivity index (χ2v) is 5.70. The molecule has 2 bridgehead atoms. The number of piperidine rings is 1. The monoisotopic (exact) mass is 245 g/mol. The average Bonchev–Trinajstić information content (AvgIpc) is 2.99. The van der Waals surface area contributed by atoms with Gasteiger partial charge in [0.1, 0.15) is 5.82 Å².